The Morgan fingerprint density at radius 3 is 2.91 bits per heavy atom. The van der Waals surface area contributed by atoms with E-state index in [2.05, 4.69) is 15.2 Å². The van der Waals surface area contributed by atoms with Gasteiger partial charge in [-0.15, -0.1) is 0 Å². The van der Waals surface area contributed by atoms with Crippen LogP contribution in [0.3, 0.4) is 0 Å². The molecule has 0 bridgehead atoms. The Bertz CT molecular complexity index is 1260. The van der Waals surface area contributed by atoms with Crippen LogP contribution in [0, 0.1) is 11.3 Å². The van der Waals surface area contributed by atoms with Crippen molar-refractivity contribution < 1.29 is 13.7 Å². The number of carbonyl (C=O) groups is 1. The quantitative estimate of drug-likeness (QED) is 0.514. The minimum Gasteiger partial charge on any atom is -0.490 e. The van der Waals surface area contributed by atoms with Crippen molar-refractivity contribution in [3.63, 3.8) is 0 Å². The van der Waals surface area contributed by atoms with Crippen LogP contribution in [-0.4, -0.2) is 31.2 Å². The van der Waals surface area contributed by atoms with Gasteiger partial charge in [0.1, 0.15) is 22.6 Å². The molecule has 170 valence electrons. The van der Waals surface area contributed by atoms with Gasteiger partial charge in [-0.25, -0.2) is 13.9 Å². The molecular weight excluding hydrogens is 456 g/mol. The van der Waals surface area contributed by atoms with Crippen LogP contribution in [0.1, 0.15) is 49.9 Å². The van der Waals surface area contributed by atoms with Crippen molar-refractivity contribution in [1.82, 2.24) is 14.1 Å². The molecule has 33 heavy (non-hydrogen) atoms. The SMILES string of the molecule is CC(=O)CS(=O)NC1CCc2c(-c3nsc(-c4ccc(OC(C)C)c(C#N)c4)n3)cccc21. The van der Waals surface area contributed by atoms with Gasteiger partial charge in [-0.3, -0.25) is 4.79 Å². The third kappa shape index (κ3) is 5.19. The first kappa shape index (κ1) is 23.2. The second-order valence-electron chi connectivity index (χ2n) is 8.19. The summed E-state index contributed by atoms with van der Waals surface area (Å²) in [6.45, 7) is 5.28. The number of ketones is 1. The van der Waals surface area contributed by atoms with E-state index in [4.69, 9.17) is 9.72 Å². The number of hydrogen-bond donors (Lipinski definition) is 1. The van der Waals surface area contributed by atoms with Gasteiger partial charge < -0.3 is 4.74 Å². The van der Waals surface area contributed by atoms with E-state index in [0.29, 0.717) is 17.1 Å². The molecule has 0 amide bonds. The fraction of sp³-hybridized carbons (Fsp3) is 0.333. The fourth-order valence-electron chi connectivity index (χ4n) is 3.93. The molecule has 1 heterocycles. The molecule has 0 aliphatic heterocycles. The van der Waals surface area contributed by atoms with Gasteiger partial charge in [-0.05, 0) is 74.5 Å². The van der Waals surface area contributed by atoms with E-state index in [1.807, 2.05) is 38.1 Å². The zero-order valence-corrected chi connectivity index (χ0v) is 20.3. The Morgan fingerprint density at radius 2 is 2.18 bits per heavy atom. The number of Topliss-reactive ketones (excluding diaryl/α,β-unsaturated/α-hetero) is 1. The smallest absolute Gasteiger partial charge is 0.173 e. The van der Waals surface area contributed by atoms with Crippen molar-refractivity contribution in [2.45, 2.75) is 45.8 Å². The zero-order chi connectivity index (χ0) is 23.5. The Kier molecular flexibility index (Phi) is 6.98. The van der Waals surface area contributed by atoms with E-state index in [-0.39, 0.29) is 23.7 Å². The molecule has 4 rings (SSSR count). The van der Waals surface area contributed by atoms with Crippen LogP contribution in [0.5, 0.6) is 5.75 Å². The Morgan fingerprint density at radius 1 is 1.36 bits per heavy atom. The van der Waals surface area contributed by atoms with Crippen LogP contribution >= 0.6 is 11.5 Å². The number of benzene rings is 2. The number of nitrogens with one attached hydrogen (secondary N) is 1. The van der Waals surface area contributed by atoms with Crippen molar-refractivity contribution in [1.29, 1.82) is 5.26 Å². The summed E-state index contributed by atoms with van der Waals surface area (Å²) in [4.78, 5) is 16.0. The first-order valence-corrected chi connectivity index (χ1v) is 12.8. The summed E-state index contributed by atoms with van der Waals surface area (Å²) < 4.78 is 25.6. The number of ether oxygens (including phenoxy) is 1. The van der Waals surface area contributed by atoms with E-state index in [9.17, 15) is 14.3 Å². The van der Waals surface area contributed by atoms with E-state index >= 15 is 0 Å². The van der Waals surface area contributed by atoms with E-state index in [1.165, 1.54) is 18.5 Å². The molecule has 0 saturated heterocycles. The van der Waals surface area contributed by atoms with Crippen molar-refractivity contribution in [2.24, 2.45) is 0 Å². The fourth-order valence-corrected chi connectivity index (χ4v) is 5.61. The van der Waals surface area contributed by atoms with Crippen molar-refractivity contribution in [3.05, 3.63) is 53.1 Å². The molecular formula is C24H24N4O3S2. The van der Waals surface area contributed by atoms with E-state index < -0.39 is 11.0 Å². The Hall–Kier alpha value is -2.93. The highest BCUT2D eigenvalue weighted by Gasteiger charge is 2.27. The molecule has 1 N–H and O–H groups in total. The summed E-state index contributed by atoms with van der Waals surface area (Å²) in [6.07, 6.45) is 1.60. The van der Waals surface area contributed by atoms with E-state index in [0.717, 1.165) is 40.1 Å². The van der Waals surface area contributed by atoms with Gasteiger partial charge >= 0.3 is 0 Å². The standard InChI is InChI=1S/C24H24N4O3S2/c1-14(2)31-22-10-7-16(11-17(22)12-25)24-26-23(27-32-24)20-6-4-5-19-18(20)8-9-21(19)28-33(30)13-15(3)29/h4-7,10-11,14,21,28H,8-9,13H2,1-3H3. The van der Waals surface area contributed by atoms with Crippen molar-refractivity contribution in [3.8, 4) is 33.8 Å². The summed E-state index contributed by atoms with van der Waals surface area (Å²) in [5.74, 6) is 1.10. The monoisotopic (exact) mass is 480 g/mol. The highest BCUT2D eigenvalue weighted by molar-refractivity contribution is 7.83. The molecule has 0 fully saturated rings. The minimum absolute atomic E-state index is 0.00814. The van der Waals surface area contributed by atoms with Crippen LogP contribution < -0.4 is 9.46 Å². The summed E-state index contributed by atoms with van der Waals surface area (Å²) in [6, 6.07) is 13.6. The summed E-state index contributed by atoms with van der Waals surface area (Å²) >= 11 is 1.29. The molecule has 2 unspecified atom stereocenters. The van der Waals surface area contributed by atoms with Crippen LogP contribution in [0.2, 0.25) is 0 Å². The van der Waals surface area contributed by atoms with Gasteiger partial charge in [0.2, 0.25) is 0 Å². The molecule has 0 spiro atoms. The first-order valence-electron chi connectivity index (χ1n) is 10.7. The van der Waals surface area contributed by atoms with Crippen LogP contribution in [0.15, 0.2) is 36.4 Å². The maximum absolute atomic E-state index is 12.2. The molecule has 0 saturated carbocycles. The molecule has 1 aromatic heterocycles. The lowest BCUT2D eigenvalue weighted by atomic mass is 10.0. The highest BCUT2D eigenvalue weighted by atomic mass is 32.2. The largest absolute Gasteiger partial charge is 0.490 e. The molecule has 0 radical (unpaired) electrons. The molecule has 1 aliphatic carbocycles. The van der Waals surface area contributed by atoms with E-state index in [1.54, 1.807) is 12.1 Å². The normalized spacial score (nSPS) is 15.8. The van der Waals surface area contributed by atoms with Gasteiger partial charge in [0.25, 0.3) is 0 Å². The summed E-state index contributed by atoms with van der Waals surface area (Å²) in [7, 11) is -1.39. The second kappa shape index (κ2) is 9.91. The van der Waals surface area contributed by atoms with Crippen molar-refractivity contribution >= 4 is 28.3 Å². The number of rotatable bonds is 8. The number of carbonyl (C=O) groups excluding carboxylic acids is 1. The average Bonchev–Trinajstić information content (AvgIpc) is 3.41. The molecule has 1 aliphatic rings. The predicted molar refractivity (Wildman–Crippen MR) is 129 cm³/mol. The maximum Gasteiger partial charge on any atom is 0.173 e. The molecule has 7 nitrogen and oxygen atoms in total. The molecule has 2 atom stereocenters. The predicted octanol–water partition coefficient (Wildman–Crippen LogP) is 4.36. The molecule has 2 aromatic carbocycles. The number of aromatic nitrogens is 2. The summed E-state index contributed by atoms with van der Waals surface area (Å²) in [5.41, 5.74) is 4.45. The number of nitriles is 1. The number of hydrogen-bond acceptors (Lipinski definition) is 7. The Labute approximate surface area is 199 Å². The third-order valence-electron chi connectivity index (χ3n) is 5.26. The number of fused-ring (bicyclic) bond motifs is 1. The Balaban J connectivity index is 1.60. The number of nitrogens with zero attached hydrogens (tertiary/aromatic N) is 3. The second-order valence-corrected chi connectivity index (χ2v) is 10.2. The van der Waals surface area contributed by atoms with Gasteiger partial charge in [-0.2, -0.15) is 9.64 Å². The zero-order valence-electron chi connectivity index (χ0n) is 18.6. The van der Waals surface area contributed by atoms with Gasteiger partial charge in [0.05, 0.1) is 28.4 Å². The van der Waals surface area contributed by atoms with Gasteiger partial charge in [0, 0.05) is 17.2 Å². The lowest BCUT2D eigenvalue weighted by molar-refractivity contribution is -0.114. The first-order chi connectivity index (χ1) is 15.9. The van der Waals surface area contributed by atoms with Gasteiger partial charge in [-0.1, -0.05) is 18.2 Å². The molecule has 9 heteroatoms. The van der Waals surface area contributed by atoms with Crippen LogP contribution in [-0.2, 0) is 22.2 Å². The lowest BCUT2D eigenvalue weighted by Crippen LogP contribution is -2.26. The highest BCUT2D eigenvalue weighted by Crippen LogP contribution is 2.38. The van der Waals surface area contributed by atoms with Crippen LogP contribution in [0.4, 0.5) is 0 Å². The maximum atomic E-state index is 12.2. The summed E-state index contributed by atoms with van der Waals surface area (Å²) in [5, 5.41) is 10.2. The molecule has 3 aromatic rings. The van der Waals surface area contributed by atoms with Crippen LogP contribution in [0.25, 0.3) is 22.0 Å². The third-order valence-corrected chi connectivity index (χ3v) is 7.24. The van der Waals surface area contributed by atoms with Crippen molar-refractivity contribution in [2.75, 3.05) is 5.75 Å². The topological polar surface area (TPSA) is 105 Å². The minimum atomic E-state index is -1.39. The van der Waals surface area contributed by atoms with Gasteiger partial charge in [0.15, 0.2) is 5.82 Å². The lowest BCUT2D eigenvalue weighted by Gasteiger charge is -2.13. The average molecular weight is 481 g/mol.